The molecule has 1 saturated heterocycles. The largest absolute Gasteiger partial charge is 0.393 e. The number of benzene rings is 1. The van der Waals surface area contributed by atoms with Gasteiger partial charge in [0, 0.05) is 25.3 Å². The van der Waals surface area contributed by atoms with Gasteiger partial charge in [0.2, 0.25) is 0 Å². The number of thiocarbonyl (C=S) groups is 1. The fraction of sp³-hybridized carbons (Fsp3) is 0.417. The third kappa shape index (κ3) is 3.03. The Morgan fingerprint density at radius 1 is 1.53 bits per heavy atom. The van der Waals surface area contributed by atoms with Crippen molar-refractivity contribution < 1.29 is 12.8 Å². The van der Waals surface area contributed by atoms with Crippen LogP contribution in [0.2, 0.25) is 0 Å². The molecule has 1 aromatic carbocycles. The van der Waals surface area contributed by atoms with Crippen LogP contribution in [0, 0.1) is 11.7 Å². The predicted molar refractivity (Wildman–Crippen MR) is 76.6 cm³/mol. The molecule has 1 fully saturated rings. The van der Waals surface area contributed by atoms with E-state index in [0.29, 0.717) is 23.8 Å². The summed E-state index contributed by atoms with van der Waals surface area (Å²) < 4.78 is 36.7. The lowest BCUT2D eigenvalue weighted by Crippen LogP contribution is -2.26. The smallest absolute Gasteiger partial charge is 0.175 e. The molecule has 0 radical (unpaired) electrons. The first-order valence-corrected chi connectivity index (χ1v) is 8.13. The quantitative estimate of drug-likeness (QED) is 0.854. The molecule has 0 bridgehead atoms. The minimum absolute atomic E-state index is 0.0150. The number of hydrogen-bond acceptors (Lipinski definition) is 4. The predicted octanol–water partition coefficient (Wildman–Crippen LogP) is 1.34. The topological polar surface area (TPSA) is 63.4 Å². The second-order valence-corrected chi connectivity index (χ2v) is 7.21. The first kappa shape index (κ1) is 14.2. The monoisotopic (exact) mass is 302 g/mol. The third-order valence-corrected chi connectivity index (χ3v) is 4.72. The van der Waals surface area contributed by atoms with Crippen LogP contribution in [0.3, 0.4) is 0 Å². The average Bonchev–Trinajstić information content (AvgIpc) is 2.76. The number of nitrogens with two attached hydrogens (primary N) is 1. The Bertz CT molecular complexity index is 616. The second kappa shape index (κ2) is 5.05. The molecule has 0 aromatic heterocycles. The summed E-state index contributed by atoms with van der Waals surface area (Å²) in [6.07, 6.45) is 1.85. The minimum atomic E-state index is -3.39. The zero-order valence-electron chi connectivity index (χ0n) is 10.5. The molecule has 1 aliphatic rings. The van der Waals surface area contributed by atoms with E-state index in [0.717, 1.165) is 18.7 Å². The van der Waals surface area contributed by atoms with E-state index < -0.39 is 15.7 Å². The van der Waals surface area contributed by atoms with Crippen LogP contribution in [0.25, 0.3) is 0 Å². The molecule has 1 atom stereocenters. The molecule has 2 N–H and O–H groups in total. The van der Waals surface area contributed by atoms with Crippen molar-refractivity contribution in [3.8, 4) is 0 Å². The molecule has 0 aliphatic carbocycles. The summed E-state index contributed by atoms with van der Waals surface area (Å²) in [6, 6.07) is 3.97. The number of sulfone groups is 1. The summed E-state index contributed by atoms with van der Waals surface area (Å²) in [5.41, 5.74) is 5.98. The highest BCUT2D eigenvalue weighted by Crippen LogP contribution is 2.28. The van der Waals surface area contributed by atoms with Crippen LogP contribution >= 0.6 is 12.2 Å². The Kier molecular flexibility index (Phi) is 3.78. The maximum absolute atomic E-state index is 14.0. The Balaban J connectivity index is 2.26. The molecule has 1 aliphatic heterocycles. The van der Waals surface area contributed by atoms with Crippen molar-refractivity contribution in [3.63, 3.8) is 0 Å². The molecule has 7 heteroatoms. The SMILES string of the molecule is CS(=O)(=O)c1ccc(N2CC[C@H](C(N)=S)C2)c(F)c1. The van der Waals surface area contributed by atoms with Gasteiger partial charge in [0.1, 0.15) is 5.82 Å². The van der Waals surface area contributed by atoms with E-state index in [9.17, 15) is 12.8 Å². The van der Waals surface area contributed by atoms with Crippen molar-refractivity contribution >= 4 is 32.7 Å². The normalized spacial score (nSPS) is 19.7. The highest BCUT2D eigenvalue weighted by atomic mass is 32.2. The molecular formula is C12H15FN2O2S2. The first-order chi connectivity index (χ1) is 8.79. The van der Waals surface area contributed by atoms with Crippen LogP contribution < -0.4 is 10.6 Å². The van der Waals surface area contributed by atoms with Crippen LogP contribution in [0.5, 0.6) is 0 Å². The van der Waals surface area contributed by atoms with Crippen LogP contribution in [0.4, 0.5) is 10.1 Å². The van der Waals surface area contributed by atoms with Gasteiger partial charge < -0.3 is 10.6 Å². The van der Waals surface area contributed by atoms with E-state index in [1.54, 1.807) is 0 Å². The zero-order valence-corrected chi connectivity index (χ0v) is 12.1. The van der Waals surface area contributed by atoms with Gasteiger partial charge >= 0.3 is 0 Å². The fourth-order valence-corrected chi connectivity index (χ4v) is 3.01. The van der Waals surface area contributed by atoms with Crippen molar-refractivity contribution in [1.29, 1.82) is 0 Å². The fourth-order valence-electron chi connectivity index (χ4n) is 2.19. The van der Waals surface area contributed by atoms with Crippen LogP contribution in [-0.2, 0) is 9.84 Å². The molecule has 0 unspecified atom stereocenters. The summed E-state index contributed by atoms with van der Waals surface area (Å²) in [6.45, 7) is 1.24. The summed E-state index contributed by atoms with van der Waals surface area (Å²) in [5.74, 6) is -0.449. The van der Waals surface area contributed by atoms with E-state index in [2.05, 4.69) is 0 Å². The number of nitrogens with zero attached hydrogens (tertiary/aromatic N) is 1. The molecular weight excluding hydrogens is 287 g/mol. The van der Waals surface area contributed by atoms with E-state index in [4.69, 9.17) is 18.0 Å². The van der Waals surface area contributed by atoms with E-state index in [1.165, 1.54) is 12.1 Å². The number of halogens is 1. The summed E-state index contributed by atoms with van der Waals surface area (Å²) in [5, 5.41) is 0. The molecule has 1 heterocycles. The van der Waals surface area contributed by atoms with Crippen LogP contribution in [-0.4, -0.2) is 32.8 Å². The summed E-state index contributed by atoms with van der Waals surface area (Å²) >= 11 is 4.94. The first-order valence-electron chi connectivity index (χ1n) is 5.83. The van der Waals surface area contributed by atoms with Crippen molar-refractivity contribution in [2.24, 2.45) is 11.7 Å². The zero-order chi connectivity index (χ0) is 14.2. The Morgan fingerprint density at radius 3 is 2.68 bits per heavy atom. The van der Waals surface area contributed by atoms with Gasteiger partial charge in [-0.15, -0.1) is 0 Å². The van der Waals surface area contributed by atoms with Crippen LogP contribution in [0.15, 0.2) is 23.1 Å². The maximum Gasteiger partial charge on any atom is 0.175 e. The van der Waals surface area contributed by atoms with Gasteiger partial charge in [0.15, 0.2) is 9.84 Å². The molecule has 4 nitrogen and oxygen atoms in total. The third-order valence-electron chi connectivity index (χ3n) is 3.28. The van der Waals surface area contributed by atoms with Gasteiger partial charge in [0.25, 0.3) is 0 Å². The van der Waals surface area contributed by atoms with Crippen molar-refractivity contribution in [2.45, 2.75) is 11.3 Å². The number of rotatable bonds is 3. The highest BCUT2D eigenvalue weighted by molar-refractivity contribution is 7.90. The number of hydrogen-bond donors (Lipinski definition) is 1. The van der Waals surface area contributed by atoms with Gasteiger partial charge in [0.05, 0.1) is 15.6 Å². The number of anilines is 1. The van der Waals surface area contributed by atoms with Gasteiger partial charge in [-0.3, -0.25) is 0 Å². The molecule has 0 amide bonds. The van der Waals surface area contributed by atoms with Gasteiger partial charge in [-0.1, -0.05) is 12.2 Å². The highest BCUT2D eigenvalue weighted by Gasteiger charge is 2.26. The lowest BCUT2D eigenvalue weighted by Gasteiger charge is -2.19. The average molecular weight is 302 g/mol. The van der Waals surface area contributed by atoms with Crippen molar-refractivity contribution in [1.82, 2.24) is 0 Å². The molecule has 0 spiro atoms. The van der Waals surface area contributed by atoms with Crippen molar-refractivity contribution in [3.05, 3.63) is 24.0 Å². The molecule has 19 heavy (non-hydrogen) atoms. The van der Waals surface area contributed by atoms with Crippen LogP contribution in [0.1, 0.15) is 6.42 Å². The standard InChI is InChI=1S/C12H15FN2O2S2/c1-19(16,17)9-2-3-11(10(13)6-9)15-5-4-8(7-15)12(14)18/h2-3,6,8H,4-5,7H2,1H3,(H2,14,18)/t8-/m0/s1. The van der Waals surface area contributed by atoms with E-state index >= 15 is 0 Å². The second-order valence-electron chi connectivity index (χ2n) is 4.72. The Hall–Kier alpha value is -1.21. The summed E-state index contributed by atoms with van der Waals surface area (Å²) in [4.78, 5) is 2.26. The van der Waals surface area contributed by atoms with Crippen molar-refractivity contribution in [2.75, 3.05) is 24.2 Å². The Labute approximate surface area is 117 Å². The maximum atomic E-state index is 14.0. The minimum Gasteiger partial charge on any atom is -0.393 e. The summed E-state index contributed by atoms with van der Waals surface area (Å²) in [7, 11) is -3.39. The molecule has 1 aromatic rings. The lowest BCUT2D eigenvalue weighted by molar-refractivity contribution is 0.595. The van der Waals surface area contributed by atoms with E-state index in [1.807, 2.05) is 4.90 Å². The van der Waals surface area contributed by atoms with Gasteiger partial charge in [-0.25, -0.2) is 12.8 Å². The molecule has 2 rings (SSSR count). The molecule has 0 saturated carbocycles. The lowest BCUT2D eigenvalue weighted by atomic mass is 10.1. The van der Waals surface area contributed by atoms with Gasteiger partial charge in [-0.05, 0) is 24.6 Å². The molecule has 104 valence electrons. The van der Waals surface area contributed by atoms with E-state index in [-0.39, 0.29) is 10.8 Å². The Morgan fingerprint density at radius 2 is 2.21 bits per heavy atom. The van der Waals surface area contributed by atoms with Gasteiger partial charge in [-0.2, -0.15) is 0 Å².